The summed E-state index contributed by atoms with van der Waals surface area (Å²) in [6.07, 6.45) is 2.95. The molecule has 1 rings (SSSR count). The predicted octanol–water partition coefficient (Wildman–Crippen LogP) is 1.41. The minimum absolute atomic E-state index is 0.471. The van der Waals surface area contributed by atoms with Gasteiger partial charge < -0.3 is 10.1 Å². The molecule has 0 aromatic carbocycles. The van der Waals surface area contributed by atoms with Crippen LogP contribution in [0.15, 0.2) is 0 Å². The van der Waals surface area contributed by atoms with Crippen molar-refractivity contribution in [3.8, 4) is 0 Å². The highest BCUT2D eigenvalue weighted by molar-refractivity contribution is 4.73. The van der Waals surface area contributed by atoms with E-state index in [0.29, 0.717) is 6.10 Å². The summed E-state index contributed by atoms with van der Waals surface area (Å²) in [5.74, 6) is 0.753. The van der Waals surface area contributed by atoms with Crippen molar-refractivity contribution in [3.63, 3.8) is 0 Å². The first kappa shape index (κ1) is 9.01. The minimum Gasteiger partial charge on any atom is -0.375 e. The average molecular weight is 157 g/mol. The normalized spacial score (nSPS) is 25.9. The van der Waals surface area contributed by atoms with Crippen LogP contribution >= 0.6 is 0 Å². The molecule has 1 heterocycles. The molecule has 0 unspecified atom stereocenters. The van der Waals surface area contributed by atoms with Crippen molar-refractivity contribution in [3.05, 3.63) is 0 Å². The number of rotatable bonds is 3. The number of morpholine rings is 1. The lowest BCUT2D eigenvalue weighted by Crippen LogP contribution is -2.42. The molecule has 1 aliphatic rings. The maximum Gasteiger partial charge on any atom is 0.0727 e. The molecule has 2 nitrogen and oxygen atoms in total. The monoisotopic (exact) mass is 157 g/mol. The molecule has 0 aromatic rings. The lowest BCUT2D eigenvalue weighted by molar-refractivity contribution is -0.0112. The Kier molecular flexibility index (Phi) is 3.87. The van der Waals surface area contributed by atoms with Crippen LogP contribution < -0.4 is 5.32 Å². The molecule has 0 spiro atoms. The second-order valence-corrected chi connectivity index (χ2v) is 3.19. The second-order valence-electron chi connectivity index (χ2n) is 3.19. The topological polar surface area (TPSA) is 21.3 Å². The summed E-state index contributed by atoms with van der Waals surface area (Å²) in [6, 6.07) is 0. The van der Waals surface area contributed by atoms with Crippen molar-refractivity contribution in [2.75, 3.05) is 19.7 Å². The van der Waals surface area contributed by atoms with Gasteiger partial charge in [-0.2, -0.15) is 0 Å². The first-order valence-electron chi connectivity index (χ1n) is 4.70. The van der Waals surface area contributed by atoms with E-state index < -0.39 is 0 Å². The fraction of sp³-hybridized carbons (Fsp3) is 1.00. The Morgan fingerprint density at radius 1 is 1.45 bits per heavy atom. The Bertz CT molecular complexity index is 95.7. The SMILES string of the molecule is CCC(CC)[C@@H]1CNCCO1. The number of nitrogens with one attached hydrogen (secondary N) is 1. The van der Waals surface area contributed by atoms with E-state index in [1.807, 2.05) is 0 Å². The first-order valence-corrected chi connectivity index (χ1v) is 4.70. The van der Waals surface area contributed by atoms with Gasteiger partial charge in [-0.25, -0.2) is 0 Å². The quantitative estimate of drug-likeness (QED) is 0.669. The van der Waals surface area contributed by atoms with E-state index in [0.717, 1.165) is 25.6 Å². The lowest BCUT2D eigenvalue weighted by Gasteiger charge is -2.29. The summed E-state index contributed by atoms with van der Waals surface area (Å²) in [6.45, 7) is 7.45. The zero-order chi connectivity index (χ0) is 8.10. The molecule has 0 radical (unpaired) electrons. The number of hydrogen-bond donors (Lipinski definition) is 1. The standard InChI is InChI=1S/C9H19NO/c1-3-8(4-2)9-7-10-5-6-11-9/h8-10H,3-7H2,1-2H3/t9-/m0/s1. The Morgan fingerprint density at radius 2 is 2.18 bits per heavy atom. The molecule has 0 saturated carbocycles. The van der Waals surface area contributed by atoms with Gasteiger partial charge in [0.25, 0.3) is 0 Å². The van der Waals surface area contributed by atoms with Gasteiger partial charge in [0.1, 0.15) is 0 Å². The van der Waals surface area contributed by atoms with Crippen molar-refractivity contribution in [2.45, 2.75) is 32.8 Å². The summed E-state index contributed by atoms with van der Waals surface area (Å²) < 4.78 is 5.66. The molecule has 11 heavy (non-hydrogen) atoms. The van der Waals surface area contributed by atoms with Gasteiger partial charge in [-0.15, -0.1) is 0 Å². The van der Waals surface area contributed by atoms with Gasteiger partial charge in [0.15, 0.2) is 0 Å². The molecule has 0 aliphatic carbocycles. The number of ether oxygens (including phenoxy) is 1. The molecular formula is C9H19NO. The van der Waals surface area contributed by atoms with Crippen molar-refractivity contribution in [1.29, 1.82) is 0 Å². The highest BCUT2D eigenvalue weighted by Gasteiger charge is 2.20. The van der Waals surface area contributed by atoms with Crippen LogP contribution in [-0.4, -0.2) is 25.8 Å². The summed E-state index contributed by atoms with van der Waals surface area (Å²) in [5, 5.41) is 3.36. The average Bonchev–Trinajstić information content (AvgIpc) is 2.09. The van der Waals surface area contributed by atoms with E-state index in [1.54, 1.807) is 0 Å². The summed E-state index contributed by atoms with van der Waals surface area (Å²) in [4.78, 5) is 0. The zero-order valence-electron chi connectivity index (χ0n) is 7.60. The maximum absolute atomic E-state index is 5.66. The first-order chi connectivity index (χ1) is 5.38. The van der Waals surface area contributed by atoms with Crippen molar-refractivity contribution < 1.29 is 4.74 Å². The Morgan fingerprint density at radius 3 is 2.64 bits per heavy atom. The molecule has 0 amide bonds. The Balaban J connectivity index is 2.30. The van der Waals surface area contributed by atoms with E-state index >= 15 is 0 Å². The minimum atomic E-state index is 0.471. The third-order valence-corrected chi connectivity index (χ3v) is 2.53. The maximum atomic E-state index is 5.66. The second kappa shape index (κ2) is 4.73. The lowest BCUT2D eigenvalue weighted by atomic mass is 9.96. The van der Waals surface area contributed by atoms with E-state index in [2.05, 4.69) is 19.2 Å². The molecule has 0 bridgehead atoms. The van der Waals surface area contributed by atoms with Crippen LogP contribution in [0.3, 0.4) is 0 Å². The smallest absolute Gasteiger partial charge is 0.0727 e. The highest BCUT2D eigenvalue weighted by atomic mass is 16.5. The highest BCUT2D eigenvalue weighted by Crippen LogP contribution is 2.16. The van der Waals surface area contributed by atoms with Gasteiger partial charge in [0.05, 0.1) is 12.7 Å². The van der Waals surface area contributed by atoms with Crippen molar-refractivity contribution in [2.24, 2.45) is 5.92 Å². The molecule has 1 saturated heterocycles. The van der Waals surface area contributed by atoms with Crippen LogP contribution in [0, 0.1) is 5.92 Å². The molecule has 1 N–H and O–H groups in total. The van der Waals surface area contributed by atoms with Crippen LogP contribution in [0.2, 0.25) is 0 Å². The molecule has 66 valence electrons. The van der Waals surface area contributed by atoms with Crippen LogP contribution in [0.25, 0.3) is 0 Å². The van der Waals surface area contributed by atoms with Gasteiger partial charge in [-0.05, 0) is 5.92 Å². The van der Waals surface area contributed by atoms with E-state index in [9.17, 15) is 0 Å². The van der Waals surface area contributed by atoms with Crippen molar-refractivity contribution >= 4 is 0 Å². The van der Waals surface area contributed by atoms with Gasteiger partial charge in [-0.1, -0.05) is 26.7 Å². The summed E-state index contributed by atoms with van der Waals surface area (Å²) in [5.41, 5.74) is 0. The fourth-order valence-corrected chi connectivity index (χ4v) is 1.70. The van der Waals surface area contributed by atoms with Crippen LogP contribution in [-0.2, 0) is 4.74 Å². The third-order valence-electron chi connectivity index (χ3n) is 2.53. The fourth-order valence-electron chi connectivity index (χ4n) is 1.70. The van der Waals surface area contributed by atoms with Gasteiger partial charge in [0, 0.05) is 13.1 Å². The van der Waals surface area contributed by atoms with Crippen LogP contribution in [0.1, 0.15) is 26.7 Å². The predicted molar refractivity (Wildman–Crippen MR) is 46.7 cm³/mol. The molecule has 1 fully saturated rings. The van der Waals surface area contributed by atoms with Crippen LogP contribution in [0.5, 0.6) is 0 Å². The Labute approximate surface area is 69.3 Å². The molecule has 1 aliphatic heterocycles. The molecule has 0 aromatic heterocycles. The number of hydrogen-bond acceptors (Lipinski definition) is 2. The van der Waals surface area contributed by atoms with Gasteiger partial charge in [-0.3, -0.25) is 0 Å². The van der Waals surface area contributed by atoms with E-state index in [-0.39, 0.29) is 0 Å². The van der Waals surface area contributed by atoms with Gasteiger partial charge in [0.2, 0.25) is 0 Å². The summed E-state index contributed by atoms with van der Waals surface area (Å²) >= 11 is 0. The molecule has 2 heteroatoms. The Hall–Kier alpha value is -0.0800. The molecular weight excluding hydrogens is 138 g/mol. The van der Waals surface area contributed by atoms with E-state index in [1.165, 1.54) is 12.8 Å². The largest absolute Gasteiger partial charge is 0.375 e. The van der Waals surface area contributed by atoms with Crippen LogP contribution in [0.4, 0.5) is 0 Å². The molecule has 1 atom stereocenters. The van der Waals surface area contributed by atoms with E-state index in [4.69, 9.17) is 4.74 Å². The van der Waals surface area contributed by atoms with Crippen molar-refractivity contribution in [1.82, 2.24) is 5.32 Å². The van der Waals surface area contributed by atoms with Gasteiger partial charge >= 0.3 is 0 Å². The summed E-state index contributed by atoms with van der Waals surface area (Å²) in [7, 11) is 0. The third kappa shape index (κ3) is 2.46. The zero-order valence-corrected chi connectivity index (χ0v) is 7.60.